The van der Waals surface area contributed by atoms with Gasteiger partial charge in [0.25, 0.3) is 0 Å². The molecule has 0 bridgehead atoms. The Labute approximate surface area is 101 Å². The second-order valence-electron chi connectivity index (χ2n) is 4.63. The highest BCUT2D eigenvalue weighted by Gasteiger charge is 2.17. The van der Waals surface area contributed by atoms with Crippen LogP contribution in [0.2, 0.25) is 0 Å². The summed E-state index contributed by atoms with van der Waals surface area (Å²) in [5.74, 6) is 0. The van der Waals surface area contributed by atoms with Crippen LogP contribution in [0.15, 0.2) is 36.5 Å². The van der Waals surface area contributed by atoms with Crippen molar-refractivity contribution in [1.29, 1.82) is 0 Å². The minimum absolute atomic E-state index is 0.609. The van der Waals surface area contributed by atoms with E-state index in [0.29, 0.717) is 6.04 Å². The van der Waals surface area contributed by atoms with Crippen LogP contribution in [0.4, 0.5) is 0 Å². The molecule has 88 valence electrons. The number of H-pyrrole nitrogens is 1. The molecule has 0 radical (unpaired) electrons. The fourth-order valence-corrected chi connectivity index (χ4v) is 2.51. The van der Waals surface area contributed by atoms with Crippen molar-refractivity contribution in [2.45, 2.75) is 25.3 Å². The number of nitrogens with zero attached hydrogens (tertiary/aromatic N) is 1. The highest BCUT2D eigenvalue weighted by Crippen LogP contribution is 2.23. The number of aromatic nitrogens is 2. The summed E-state index contributed by atoms with van der Waals surface area (Å²) >= 11 is 0. The summed E-state index contributed by atoms with van der Waals surface area (Å²) in [7, 11) is 0. The van der Waals surface area contributed by atoms with E-state index in [1.54, 1.807) is 0 Å². The Morgan fingerprint density at radius 3 is 2.88 bits per heavy atom. The van der Waals surface area contributed by atoms with Gasteiger partial charge in [0.2, 0.25) is 0 Å². The summed E-state index contributed by atoms with van der Waals surface area (Å²) in [5.41, 5.74) is 3.73. The van der Waals surface area contributed by atoms with Crippen molar-refractivity contribution in [3.05, 3.63) is 42.2 Å². The molecule has 1 aromatic carbocycles. The Morgan fingerprint density at radius 2 is 2.12 bits per heavy atom. The van der Waals surface area contributed by atoms with Gasteiger partial charge in [-0.1, -0.05) is 30.3 Å². The number of nitrogens with one attached hydrogen (secondary N) is 2. The molecule has 3 heteroatoms. The third-order valence-electron chi connectivity index (χ3n) is 3.42. The van der Waals surface area contributed by atoms with E-state index in [2.05, 4.69) is 39.8 Å². The van der Waals surface area contributed by atoms with Crippen molar-refractivity contribution in [2.75, 3.05) is 6.54 Å². The first-order valence-electron chi connectivity index (χ1n) is 6.24. The van der Waals surface area contributed by atoms with Gasteiger partial charge >= 0.3 is 0 Å². The van der Waals surface area contributed by atoms with Crippen molar-refractivity contribution in [2.24, 2.45) is 0 Å². The lowest BCUT2D eigenvalue weighted by molar-refractivity contribution is 0.595. The second-order valence-corrected chi connectivity index (χ2v) is 4.63. The van der Waals surface area contributed by atoms with Gasteiger partial charge in [0.1, 0.15) is 0 Å². The van der Waals surface area contributed by atoms with E-state index in [1.165, 1.54) is 29.7 Å². The maximum Gasteiger partial charge on any atom is 0.0568 e. The summed E-state index contributed by atoms with van der Waals surface area (Å²) in [5, 5.41) is 10.9. The van der Waals surface area contributed by atoms with Gasteiger partial charge in [0.15, 0.2) is 0 Å². The number of aromatic amines is 1. The molecule has 1 aliphatic rings. The van der Waals surface area contributed by atoms with E-state index in [4.69, 9.17) is 0 Å². The third kappa shape index (κ3) is 2.24. The van der Waals surface area contributed by atoms with Crippen LogP contribution in [-0.2, 0) is 6.42 Å². The summed E-state index contributed by atoms with van der Waals surface area (Å²) in [6, 6.07) is 11.1. The third-order valence-corrected chi connectivity index (χ3v) is 3.42. The fraction of sp³-hybridized carbons (Fsp3) is 0.357. The molecule has 2 aromatic rings. The molecule has 0 aliphatic carbocycles. The van der Waals surface area contributed by atoms with Crippen LogP contribution >= 0.6 is 0 Å². The van der Waals surface area contributed by atoms with Crippen LogP contribution in [0, 0.1) is 0 Å². The molecule has 0 saturated carbocycles. The van der Waals surface area contributed by atoms with Crippen molar-refractivity contribution in [1.82, 2.24) is 15.5 Å². The predicted molar refractivity (Wildman–Crippen MR) is 68.8 cm³/mol. The first-order valence-corrected chi connectivity index (χ1v) is 6.24. The summed E-state index contributed by atoms with van der Waals surface area (Å²) < 4.78 is 0. The molecular weight excluding hydrogens is 210 g/mol. The van der Waals surface area contributed by atoms with Crippen LogP contribution in [0.25, 0.3) is 11.1 Å². The lowest BCUT2D eigenvalue weighted by Crippen LogP contribution is -2.24. The molecule has 0 amide bonds. The van der Waals surface area contributed by atoms with E-state index in [9.17, 15) is 0 Å². The molecular formula is C14H17N3. The Hall–Kier alpha value is -1.61. The number of benzene rings is 1. The zero-order valence-electron chi connectivity index (χ0n) is 9.82. The molecule has 3 nitrogen and oxygen atoms in total. The zero-order valence-corrected chi connectivity index (χ0v) is 9.82. The summed E-state index contributed by atoms with van der Waals surface area (Å²) in [6.45, 7) is 1.15. The maximum absolute atomic E-state index is 4.19. The highest BCUT2D eigenvalue weighted by molar-refractivity contribution is 5.65. The molecule has 1 saturated heterocycles. The van der Waals surface area contributed by atoms with E-state index in [-0.39, 0.29) is 0 Å². The van der Waals surface area contributed by atoms with E-state index in [0.717, 1.165) is 13.0 Å². The molecule has 1 atom stereocenters. The molecule has 2 heterocycles. The van der Waals surface area contributed by atoms with Crippen molar-refractivity contribution in [3.8, 4) is 11.1 Å². The second kappa shape index (κ2) is 4.72. The largest absolute Gasteiger partial charge is 0.314 e. The lowest BCUT2D eigenvalue weighted by Gasteiger charge is -2.10. The van der Waals surface area contributed by atoms with Gasteiger partial charge in [-0.05, 0) is 24.9 Å². The smallest absolute Gasteiger partial charge is 0.0568 e. The predicted octanol–water partition coefficient (Wildman–Crippen LogP) is 2.37. The topological polar surface area (TPSA) is 40.7 Å². The molecule has 2 N–H and O–H groups in total. The van der Waals surface area contributed by atoms with Crippen LogP contribution in [0.5, 0.6) is 0 Å². The van der Waals surface area contributed by atoms with Crippen molar-refractivity contribution < 1.29 is 0 Å². The lowest BCUT2D eigenvalue weighted by atomic mass is 10.0. The van der Waals surface area contributed by atoms with Crippen LogP contribution in [-0.4, -0.2) is 22.8 Å². The molecule has 17 heavy (non-hydrogen) atoms. The molecule has 0 spiro atoms. The number of rotatable bonds is 3. The number of hydrogen-bond donors (Lipinski definition) is 2. The Kier molecular flexibility index (Phi) is 2.92. The van der Waals surface area contributed by atoms with Gasteiger partial charge in [-0.3, -0.25) is 5.10 Å². The van der Waals surface area contributed by atoms with E-state index < -0.39 is 0 Å². The molecule has 1 aromatic heterocycles. The minimum atomic E-state index is 0.609. The number of hydrogen-bond acceptors (Lipinski definition) is 2. The molecule has 1 fully saturated rings. The molecule has 3 rings (SSSR count). The van der Waals surface area contributed by atoms with Gasteiger partial charge in [-0.2, -0.15) is 5.10 Å². The summed E-state index contributed by atoms with van der Waals surface area (Å²) in [6.07, 6.45) is 5.54. The first-order chi connectivity index (χ1) is 8.43. The van der Waals surface area contributed by atoms with Crippen LogP contribution in [0.3, 0.4) is 0 Å². The van der Waals surface area contributed by atoms with Crippen molar-refractivity contribution in [3.63, 3.8) is 0 Å². The quantitative estimate of drug-likeness (QED) is 0.845. The Balaban J connectivity index is 1.84. The van der Waals surface area contributed by atoms with Crippen LogP contribution < -0.4 is 5.32 Å². The van der Waals surface area contributed by atoms with Crippen LogP contribution in [0.1, 0.15) is 18.5 Å². The van der Waals surface area contributed by atoms with E-state index >= 15 is 0 Å². The maximum atomic E-state index is 4.19. The SMILES string of the molecule is c1ccc(-c2cn[nH]c2CC2CCCN2)cc1. The monoisotopic (exact) mass is 227 g/mol. The average molecular weight is 227 g/mol. The van der Waals surface area contributed by atoms with Gasteiger partial charge < -0.3 is 5.32 Å². The first kappa shape index (κ1) is 10.5. The standard InChI is InChI=1S/C14H17N3/c1-2-5-11(6-3-1)13-10-16-17-14(13)9-12-7-4-8-15-12/h1-3,5-6,10,12,15H,4,7-9H2,(H,16,17). The molecule has 1 aliphatic heterocycles. The van der Waals surface area contributed by atoms with E-state index in [1.807, 2.05) is 12.3 Å². The van der Waals surface area contributed by atoms with Crippen molar-refractivity contribution >= 4 is 0 Å². The highest BCUT2D eigenvalue weighted by atomic mass is 15.1. The average Bonchev–Trinajstić information content (AvgIpc) is 3.02. The van der Waals surface area contributed by atoms with Gasteiger partial charge in [0, 0.05) is 23.7 Å². The fourth-order valence-electron chi connectivity index (χ4n) is 2.51. The van der Waals surface area contributed by atoms with Gasteiger partial charge in [-0.25, -0.2) is 0 Å². The summed E-state index contributed by atoms with van der Waals surface area (Å²) in [4.78, 5) is 0. The minimum Gasteiger partial charge on any atom is -0.314 e. The normalized spacial score (nSPS) is 19.6. The van der Waals surface area contributed by atoms with Gasteiger partial charge in [-0.15, -0.1) is 0 Å². The Morgan fingerprint density at radius 1 is 1.24 bits per heavy atom. The zero-order chi connectivity index (χ0) is 11.5. The van der Waals surface area contributed by atoms with Gasteiger partial charge in [0.05, 0.1) is 6.20 Å². The molecule has 1 unspecified atom stereocenters. The Bertz CT molecular complexity index is 469.